The number of aromatic nitrogens is 2. The maximum atomic E-state index is 6.01. The van der Waals surface area contributed by atoms with Crippen LogP contribution in [0.3, 0.4) is 0 Å². The summed E-state index contributed by atoms with van der Waals surface area (Å²) in [5.41, 5.74) is 5.76. The molecule has 0 radical (unpaired) electrons. The zero-order valence-electron chi connectivity index (χ0n) is 11.4. The fourth-order valence-electron chi connectivity index (χ4n) is 1.71. The van der Waals surface area contributed by atoms with Crippen LogP contribution in [0.5, 0.6) is 0 Å². The van der Waals surface area contributed by atoms with E-state index in [1.165, 1.54) is 0 Å². The normalized spacial score (nSPS) is 11.4. The third kappa shape index (κ3) is 4.56. The number of likely N-dealkylation sites (N-methyl/N-ethyl adjacent to an activating group) is 1. The summed E-state index contributed by atoms with van der Waals surface area (Å²) in [6, 6.07) is 1.95. The quantitative estimate of drug-likeness (QED) is 0.810. The van der Waals surface area contributed by atoms with Crippen molar-refractivity contribution in [1.29, 1.82) is 0 Å². The summed E-state index contributed by atoms with van der Waals surface area (Å²) >= 11 is 0. The summed E-state index contributed by atoms with van der Waals surface area (Å²) in [5.74, 6) is 2.52. The van der Waals surface area contributed by atoms with Gasteiger partial charge in [0.15, 0.2) is 0 Å². The largest absolute Gasteiger partial charge is 0.370 e. The molecule has 0 aliphatic carbocycles. The highest BCUT2D eigenvalue weighted by Crippen LogP contribution is 2.16. The first-order chi connectivity index (χ1) is 7.81. The van der Waals surface area contributed by atoms with Crippen molar-refractivity contribution in [1.82, 2.24) is 9.97 Å². The monoisotopic (exact) mass is 237 g/mol. The number of nitrogens with zero attached hydrogens (tertiary/aromatic N) is 3. The van der Waals surface area contributed by atoms with Gasteiger partial charge in [0, 0.05) is 31.7 Å². The van der Waals surface area contributed by atoms with E-state index in [4.69, 9.17) is 5.73 Å². The Labute approximate surface area is 103 Å². The highest BCUT2D eigenvalue weighted by atomic mass is 15.2. The van der Waals surface area contributed by atoms with Crippen molar-refractivity contribution >= 4 is 11.6 Å². The summed E-state index contributed by atoms with van der Waals surface area (Å²) in [7, 11) is 1.99. The van der Waals surface area contributed by atoms with Gasteiger partial charge in [-0.3, -0.25) is 0 Å². The van der Waals surface area contributed by atoms with Crippen LogP contribution in [0.15, 0.2) is 6.07 Å². The molecule has 0 saturated heterocycles. The van der Waals surface area contributed by atoms with E-state index >= 15 is 0 Å². The molecule has 0 aromatic carbocycles. The molecule has 96 valence electrons. The van der Waals surface area contributed by atoms with E-state index in [1.54, 1.807) is 0 Å². The van der Waals surface area contributed by atoms with Gasteiger partial charge in [-0.1, -0.05) is 0 Å². The van der Waals surface area contributed by atoms with E-state index in [9.17, 15) is 0 Å². The highest BCUT2D eigenvalue weighted by molar-refractivity contribution is 5.49. The van der Waals surface area contributed by atoms with Gasteiger partial charge in [0.05, 0.1) is 0 Å². The molecule has 0 unspecified atom stereocenters. The Hall–Kier alpha value is -1.36. The van der Waals surface area contributed by atoms with E-state index in [0.717, 1.165) is 30.5 Å². The van der Waals surface area contributed by atoms with Gasteiger partial charge in [-0.2, -0.15) is 0 Å². The minimum atomic E-state index is -0.244. The number of nitrogens with one attached hydrogen (secondary N) is 1. The van der Waals surface area contributed by atoms with Crippen molar-refractivity contribution in [3.05, 3.63) is 11.9 Å². The average Bonchev–Trinajstić information content (AvgIpc) is 2.14. The second kappa shape index (κ2) is 5.31. The van der Waals surface area contributed by atoms with Gasteiger partial charge in [0.2, 0.25) is 0 Å². The first-order valence-corrected chi connectivity index (χ1v) is 5.91. The molecular weight excluding hydrogens is 214 g/mol. The van der Waals surface area contributed by atoms with Crippen molar-refractivity contribution in [3.8, 4) is 0 Å². The van der Waals surface area contributed by atoms with Crippen LogP contribution in [-0.2, 0) is 0 Å². The first kappa shape index (κ1) is 13.7. The minimum absolute atomic E-state index is 0.244. The Morgan fingerprint density at radius 2 is 2.06 bits per heavy atom. The predicted octanol–water partition coefficient (Wildman–Crippen LogP) is 1.39. The summed E-state index contributed by atoms with van der Waals surface area (Å²) in [6.07, 6.45) is 0. The van der Waals surface area contributed by atoms with E-state index in [0.29, 0.717) is 0 Å². The van der Waals surface area contributed by atoms with Crippen molar-refractivity contribution in [2.24, 2.45) is 5.73 Å². The number of rotatable bonds is 5. The topological polar surface area (TPSA) is 67.1 Å². The van der Waals surface area contributed by atoms with Crippen LogP contribution in [0, 0.1) is 6.92 Å². The van der Waals surface area contributed by atoms with E-state index in [2.05, 4.69) is 20.2 Å². The van der Waals surface area contributed by atoms with E-state index < -0.39 is 0 Å². The Bertz CT molecular complexity index is 370. The zero-order valence-corrected chi connectivity index (χ0v) is 11.4. The average molecular weight is 237 g/mol. The molecule has 1 rings (SSSR count). The van der Waals surface area contributed by atoms with Crippen molar-refractivity contribution < 1.29 is 0 Å². The van der Waals surface area contributed by atoms with E-state index in [1.807, 2.05) is 40.8 Å². The molecular formula is C12H23N5. The van der Waals surface area contributed by atoms with Gasteiger partial charge in [0.1, 0.15) is 17.5 Å². The Morgan fingerprint density at radius 3 is 2.59 bits per heavy atom. The van der Waals surface area contributed by atoms with Crippen LogP contribution in [0.1, 0.15) is 26.6 Å². The number of nitrogens with two attached hydrogens (primary N) is 1. The molecule has 0 bridgehead atoms. The molecule has 5 nitrogen and oxygen atoms in total. The maximum Gasteiger partial charge on any atom is 0.134 e. The van der Waals surface area contributed by atoms with Crippen LogP contribution in [0.2, 0.25) is 0 Å². The molecule has 1 aromatic rings. The Morgan fingerprint density at radius 1 is 1.41 bits per heavy atom. The number of hydrogen-bond acceptors (Lipinski definition) is 5. The van der Waals surface area contributed by atoms with Gasteiger partial charge >= 0.3 is 0 Å². The number of anilines is 2. The lowest BCUT2D eigenvalue weighted by Gasteiger charge is -2.27. The van der Waals surface area contributed by atoms with Crippen molar-refractivity contribution in [2.45, 2.75) is 33.2 Å². The second-order valence-corrected chi connectivity index (χ2v) is 5.03. The summed E-state index contributed by atoms with van der Waals surface area (Å²) in [6.45, 7) is 9.54. The Kier molecular flexibility index (Phi) is 4.28. The van der Waals surface area contributed by atoms with Crippen LogP contribution < -0.4 is 16.0 Å². The van der Waals surface area contributed by atoms with Crippen molar-refractivity contribution in [3.63, 3.8) is 0 Å². The van der Waals surface area contributed by atoms with E-state index in [-0.39, 0.29) is 5.54 Å². The third-order valence-corrected chi connectivity index (χ3v) is 2.22. The fourth-order valence-corrected chi connectivity index (χ4v) is 1.71. The van der Waals surface area contributed by atoms with Gasteiger partial charge in [-0.25, -0.2) is 9.97 Å². The summed E-state index contributed by atoms with van der Waals surface area (Å²) < 4.78 is 0. The molecule has 0 saturated carbocycles. The highest BCUT2D eigenvalue weighted by Gasteiger charge is 2.15. The maximum absolute atomic E-state index is 6.01. The third-order valence-electron chi connectivity index (χ3n) is 2.22. The van der Waals surface area contributed by atoms with Gasteiger partial charge in [-0.15, -0.1) is 0 Å². The van der Waals surface area contributed by atoms with Crippen molar-refractivity contribution in [2.75, 3.05) is 30.4 Å². The number of aryl methyl sites for hydroxylation is 1. The molecule has 3 N–H and O–H groups in total. The molecule has 1 aromatic heterocycles. The standard InChI is InChI=1S/C12H23N5/c1-6-14-10-7-11(16-9(2)15-10)17(5)8-12(3,4)13/h7H,6,8,13H2,1-5H3,(H,14,15,16). The predicted molar refractivity (Wildman–Crippen MR) is 72.5 cm³/mol. The van der Waals surface area contributed by atoms with Gasteiger partial charge < -0.3 is 16.0 Å². The molecule has 0 amide bonds. The lowest BCUT2D eigenvalue weighted by Crippen LogP contribution is -2.44. The molecule has 0 fully saturated rings. The smallest absolute Gasteiger partial charge is 0.134 e. The second-order valence-electron chi connectivity index (χ2n) is 5.03. The molecule has 1 heterocycles. The van der Waals surface area contributed by atoms with Crippen LogP contribution in [0.4, 0.5) is 11.6 Å². The molecule has 5 heteroatoms. The van der Waals surface area contributed by atoms with Crippen LogP contribution in [0.25, 0.3) is 0 Å². The van der Waals surface area contributed by atoms with Crippen LogP contribution in [-0.4, -0.2) is 35.6 Å². The Balaban J connectivity index is 2.89. The molecule has 0 aliphatic rings. The first-order valence-electron chi connectivity index (χ1n) is 5.91. The van der Waals surface area contributed by atoms with Crippen LogP contribution >= 0.6 is 0 Å². The number of hydrogen-bond donors (Lipinski definition) is 2. The minimum Gasteiger partial charge on any atom is -0.370 e. The molecule has 0 spiro atoms. The molecule has 0 atom stereocenters. The lowest BCUT2D eigenvalue weighted by atomic mass is 10.1. The molecule has 17 heavy (non-hydrogen) atoms. The summed E-state index contributed by atoms with van der Waals surface area (Å²) in [4.78, 5) is 10.8. The zero-order chi connectivity index (χ0) is 13.1. The molecule has 0 aliphatic heterocycles. The van der Waals surface area contributed by atoms with Gasteiger partial charge in [0.25, 0.3) is 0 Å². The summed E-state index contributed by atoms with van der Waals surface area (Å²) in [5, 5.41) is 3.20. The fraction of sp³-hybridized carbons (Fsp3) is 0.667. The van der Waals surface area contributed by atoms with Gasteiger partial charge in [-0.05, 0) is 27.7 Å². The SMILES string of the molecule is CCNc1cc(N(C)CC(C)(C)N)nc(C)n1. The lowest BCUT2D eigenvalue weighted by molar-refractivity contribution is 0.517.